The van der Waals surface area contributed by atoms with Gasteiger partial charge in [-0.1, -0.05) is 0 Å². The van der Waals surface area contributed by atoms with Crippen LogP contribution in [-0.4, -0.2) is 23.9 Å². The number of hydrogen-bond donors (Lipinski definition) is 2. The van der Waals surface area contributed by atoms with Crippen LogP contribution in [0.2, 0.25) is 0 Å². The predicted molar refractivity (Wildman–Crippen MR) is 79.4 cm³/mol. The Morgan fingerprint density at radius 2 is 1.52 bits per heavy atom. The largest absolute Gasteiger partial charge is 0.471 e. The van der Waals surface area contributed by atoms with E-state index >= 15 is 0 Å². The van der Waals surface area contributed by atoms with Gasteiger partial charge in [-0.05, 0) is 42.5 Å². The number of fused-ring (bicyclic) bond motifs is 1. The number of benzene rings is 2. The molecule has 2 aromatic rings. The minimum atomic E-state index is -4.97. The van der Waals surface area contributed by atoms with E-state index in [1.54, 1.807) is 5.32 Å². The highest BCUT2D eigenvalue weighted by Gasteiger charge is 2.38. The molecular formula is C16H9F3N2O4. The first-order chi connectivity index (χ1) is 11.7. The first-order valence-corrected chi connectivity index (χ1v) is 6.90. The quantitative estimate of drug-likeness (QED) is 0.834. The molecule has 0 aromatic heterocycles. The number of carbonyl (C=O) groups excluding carboxylic acids is 3. The Morgan fingerprint density at radius 3 is 2.16 bits per heavy atom. The number of imide groups is 1. The summed E-state index contributed by atoms with van der Waals surface area (Å²) in [6, 6.07) is 9.48. The molecule has 0 saturated carbocycles. The number of hydrogen-bond acceptors (Lipinski definition) is 4. The van der Waals surface area contributed by atoms with Crippen molar-refractivity contribution in [1.29, 1.82) is 0 Å². The van der Waals surface area contributed by atoms with Crippen molar-refractivity contribution in [3.05, 3.63) is 53.6 Å². The van der Waals surface area contributed by atoms with Crippen molar-refractivity contribution in [3.8, 4) is 11.5 Å². The van der Waals surface area contributed by atoms with Crippen molar-refractivity contribution in [1.82, 2.24) is 5.32 Å². The highest BCUT2D eigenvalue weighted by atomic mass is 19.4. The van der Waals surface area contributed by atoms with Gasteiger partial charge >= 0.3 is 12.1 Å². The maximum Gasteiger partial charge on any atom is 0.471 e. The Kier molecular flexibility index (Phi) is 3.91. The topological polar surface area (TPSA) is 84.5 Å². The predicted octanol–water partition coefficient (Wildman–Crippen LogP) is 2.86. The lowest BCUT2D eigenvalue weighted by molar-refractivity contribution is -0.167. The zero-order valence-electron chi connectivity index (χ0n) is 12.3. The van der Waals surface area contributed by atoms with E-state index < -0.39 is 23.9 Å². The molecule has 0 spiro atoms. The third-order valence-corrected chi connectivity index (χ3v) is 3.31. The summed E-state index contributed by atoms with van der Waals surface area (Å²) in [5.74, 6) is -2.55. The second-order valence-corrected chi connectivity index (χ2v) is 5.07. The summed E-state index contributed by atoms with van der Waals surface area (Å²) in [4.78, 5) is 33.9. The molecule has 0 saturated heterocycles. The third-order valence-electron chi connectivity index (χ3n) is 3.31. The highest BCUT2D eigenvalue weighted by Crippen LogP contribution is 2.27. The van der Waals surface area contributed by atoms with Gasteiger partial charge in [0.2, 0.25) is 0 Å². The zero-order valence-corrected chi connectivity index (χ0v) is 12.3. The van der Waals surface area contributed by atoms with Crippen LogP contribution < -0.4 is 15.4 Å². The maximum absolute atomic E-state index is 12.2. The first-order valence-electron chi connectivity index (χ1n) is 6.90. The molecule has 25 heavy (non-hydrogen) atoms. The number of nitrogens with one attached hydrogen (secondary N) is 2. The Bertz CT molecular complexity index is 876. The minimum Gasteiger partial charge on any atom is -0.457 e. The number of amides is 3. The molecule has 3 rings (SSSR count). The van der Waals surface area contributed by atoms with Gasteiger partial charge in [-0.15, -0.1) is 0 Å². The van der Waals surface area contributed by atoms with Crippen molar-refractivity contribution in [2.45, 2.75) is 6.18 Å². The summed E-state index contributed by atoms with van der Waals surface area (Å²) in [6.45, 7) is 0. The van der Waals surface area contributed by atoms with Gasteiger partial charge in [-0.25, -0.2) is 0 Å². The Balaban J connectivity index is 1.72. The lowest BCUT2D eigenvalue weighted by Crippen LogP contribution is -2.29. The van der Waals surface area contributed by atoms with Gasteiger partial charge in [0, 0.05) is 5.69 Å². The normalized spacial score (nSPS) is 13.2. The summed E-state index contributed by atoms with van der Waals surface area (Å²) in [5.41, 5.74) is 0.368. The smallest absolute Gasteiger partial charge is 0.457 e. The highest BCUT2D eigenvalue weighted by molar-refractivity contribution is 6.21. The van der Waals surface area contributed by atoms with E-state index in [1.165, 1.54) is 42.5 Å². The number of carbonyl (C=O) groups is 3. The summed E-state index contributed by atoms with van der Waals surface area (Å²) < 4.78 is 42.0. The molecule has 1 aliphatic rings. The molecule has 1 aliphatic heterocycles. The first kappa shape index (κ1) is 16.5. The van der Waals surface area contributed by atoms with Crippen LogP contribution >= 0.6 is 0 Å². The number of anilines is 1. The van der Waals surface area contributed by atoms with Crippen molar-refractivity contribution >= 4 is 23.4 Å². The van der Waals surface area contributed by atoms with E-state index in [0.717, 1.165) is 0 Å². The second kappa shape index (κ2) is 5.93. The van der Waals surface area contributed by atoms with Gasteiger partial charge in [0.25, 0.3) is 11.8 Å². The molecule has 0 radical (unpaired) electrons. The monoisotopic (exact) mass is 350 g/mol. The molecule has 2 N–H and O–H groups in total. The van der Waals surface area contributed by atoms with E-state index in [2.05, 4.69) is 5.32 Å². The molecule has 9 heteroatoms. The fourth-order valence-electron chi connectivity index (χ4n) is 2.15. The maximum atomic E-state index is 12.2. The standard InChI is InChI=1S/C16H9F3N2O4/c17-16(18,19)15(24)20-8-1-3-9(4-2-8)25-10-5-6-11-12(7-10)14(23)21-13(11)22/h1-7H,(H,20,24)(H,21,22,23). The minimum absolute atomic E-state index is 0.0476. The summed E-state index contributed by atoms with van der Waals surface area (Å²) in [5, 5.41) is 3.85. The number of rotatable bonds is 3. The van der Waals surface area contributed by atoms with Gasteiger partial charge in [-0.2, -0.15) is 13.2 Å². The molecule has 3 amide bonds. The van der Waals surface area contributed by atoms with Crippen LogP contribution in [0.1, 0.15) is 20.7 Å². The molecule has 1 heterocycles. The van der Waals surface area contributed by atoms with Gasteiger partial charge in [-0.3, -0.25) is 19.7 Å². The number of halogens is 3. The lowest BCUT2D eigenvalue weighted by Gasteiger charge is -2.10. The Labute approximate surface area is 138 Å². The van der Waals surface area contributed by atoms with E-state index in [0.29, 0.717) is 0 Å². The van der Waals surface area contributed by atoms with E-state index in [9.17, 15) is 27.6 Å². The fourth-order valence-corrected chi connectivity index (χ4v) is 2.15. The zero-order chi connectivity index (χ0) is 18.2. The van der Waals surface area contributed by atoms with Crippen LogP contribution in [0.25, 0.3) is 0 Å². The van der Waals surface area contributed by atoms with Crippen molar-refractivity contribution in [2.75, 3.05) is 5.32 Å². The second-order valence-electron chi connectivity index (χ2n) is 5.07. The SMILES string of the molecule is O=C1NC(=O)c2cc(Oc3ccc(NC(=O)C(F)(F)F)cc3)ccc21. The summed E-state index contributed by atoms with van der Waals surface area (Å²) in [7, 11) is 0. The van der Waals surface area contributed by atoms with E-state index in [4.69, 9.17) is 4.74 Å². The van der Waals surface area contributed by atoms with Gasteiger partial charge in [0.15, 0.2) is 0 Å². The van der Waals surface area contributed by atoms with E-state index in [1.807, 2.05) is 0 Å². The number of ether oxygens (including phenoxy) is 1. The third kappa shape index (κ3) is 3.44. The van der Waals surface area contributed by atoms with Crippen LogP contribution in [0.15, 0.2) is 42.5 Å². The molecule has 0 atom stereocenters. The molecule has 0 bridgehead atoms. The molecular weight excluding hydrogens is 341 g/mol. The molecule has 6 nitrogen and oxygen atoms in total. The summed E-state index contributed by atoms with van der Waals surface area (Å²) in [6.07, 6.45) is -4.97. The van der Waals surface area contributed by atoms with E-state index in [-0.39, 0.29) is 28.3 Å². The van der Waals surface area contributed by atoms with Crippen LogP contribution in [-0.2, 0) is 4.79 Å². The Hall–Kier alpha value is -3.36. The average molecular weight is 350 g/mol. The van der Waals surface area contributed by atoms with Crippen LogP contribution in [0.4, 0.5) is 18.9 Å². The Morgan fingerprint density at radius 1 is 0.920 bits per heavy atom. The lowest BCUT2D eigenvalue weighted by atomic mass is 10.1. The molecule has 2 aromatic carbocycles. The average Bonchev–Trinajstić information content (AvgIpc) is 2.82. The van der Waals surface area contributed by atoms with Crippen molar-refractivity contribution < 1.29 is 32.3 Å². The molecule has 0 fully saturated rings. The van der Waals surface area contributed by atoms with Crippen LogP contribution in [0, 0.1) is 0 Å². The molecule has 128 valence electrons. The van der Waals surface area contributed by atoms with Gasteiger partial charge < -0.3 is 10.1 Å². The van der Waals surface area contributed by atoms with Gasteiger partial charge in [0.05, 0.1) is 11.1 Å². The van der Waals surface area contributed by atoms with Crippen LogP contribution in [0.3, 0.4) is 0 Å². The molecule has 0 unspecified atom stereocenters. The van der Waals surface area contributed by atoms with Crippen molar-refractivity contribution in [2.24, 2.45) is 0 Å². The van der Waals surface area contributed by atoms with Crippen LogP contribution in [0.5, 0.6) is 11.5 Å². The van der Waals surface area contributed by atoms with Crippen molar-refractivity contribution in [3.63, 3.8) is 0 Å². The summed E-state index contributed by atoms with van der Waals surface area (Å²) >= 11 is 0. The number of alkyl halides is 3. The van der Waals surface area contributed by atoms with Gasteiger partial charge in [0.1, 0.15) is 11.5 Å². The molecule has 0 aliphatic carbocycles. The fraction of sp³-hybridized carbons (Fsp3) is 0.0625.